The fraction of sp³-hybridized carbons (Fsp3) is 0.500. The average molecular weight is 323 g/mol. The lowest BCUT2D eigenvalue weighted by Crippen LogP contribution is -2.56. The second kappa shape index (κ2) is 6.26. The van der Waals surface area contributed by atoms with E-state index in [4.69, 9.17) is 0 Å². The van der Waals surface area contributed by atoms with Gasteiger partial charge in [0, 0.05) is 24.8 Å². The normalized spacial score (nSPS) is 30.2. The summed E-state index contributed by atoms with van der Waals surface area (Å²) in [5.41, 5.74) is 2.15. The van der Waals surface area contributed by atoms with Gasteiger partial charge in [-0.1, -0.05) is 36.8 Å². The van der Waals surface area contributed by atoms with Crippen LogP contribution in [-0.2, 0) is 12.1 Å². The number of piperidine rings is 2. The molecule has 2 aromatic rings. The number of hydrogen-bond acceptors (Lipinski definition) is 4. The van der Waals surface area contributed by atoms with Crippen molar-refractivity contribution in [2.75, 3.05) is 0 Å². The highest BCUT2D eigenvalue weighted by molar-refractivity contribution is 5.18. The molecule has 4 heteroatoms. The molecule has 0 saturated carbocycles. The molecule has 0 radical (unpaired) electrons. The van der Waals surface area contributed by atoms with Crippen molar-refractivity contribution in [3.8, 4) is 0 Å². The Labute approximate surface area is 143 Å². The molecule has 1 aromatic heterocycles. The molecule has 2 atom stereocenters. The van der Waals surface area contributed by atoms with E-state index in [1.807, 2.05) is 6.92 Å². The van der Waals surface area contributed by atoms with E-state index < -0.39 is 5.60 Å². The zero-order valence-electron chi connectivity index (χ0n) is 14.2. The molecule has 1 aromatic carbocycles. The minimum atomic E-state index is -0.831. The smallest absolute Gasteiger partial charge is 0.111 e. The molecular weight excluding hydrogens is 298 g/mol. The molecule has 4 rings (SSSR count). The van der Waals surface area contributed by atoms with Crippen molar-refractivity contribution in [2.45, 2.75) is 63.3 Å². The van der Waals surface area contributed by atoms with Crippen LogP contribution in [0.2, 0.25) is 0 Å². The first-order valence-electron chi connectivity index (χ1n) is 8.95. The van der Waals surface area contributed by atoms with E-state index in [9.17, 15) is 5.11 Å². The van der Waals surface area contributed by atoms with Crippen molar-refractivity contribution >= 4 is 0 Å². The van der Waals surface area contributed by atoms with Crippen LogP contribution in [0, 0.1) is 6.92 Å². The van der Waals surface area contributed by atoms with Crippen molar-refractivity contribution in [2.24, 2.45) is 0 Å². The fourth-order valence-corrected chi connectivity index (χ4v) is 4.47. The maximum absolute atomic E-state index is 11.3. The van der Waals surface area contributed by atoms with Crippen LogP contribution in [0.5, 0.6) is 0 Å². The minimum Gasteiger partial charge on any atom is -0.383 e. The molecule has 1 N–H and O–H groups in total. The van der Waals surface area contributed by atoms with Crippen LogP contribution in [0.3, 0.4) is 0 Å². The molecule has 2 unspecified atom stereocenters. The first-order chi connectivity index (χ1) is 11.6. The average Bonchev–Trinajstić information content (AvgIpc) is 2.57. The highest BCUT2D eigenvalue weighted by atomic mass is 16.3. The second-order valence-corrected chi connectivity index (χ2v) is 7.38. The number of rotatable bonds is 3. The van der Waals surface area contributed by atoms with Gasteiger partial charge in [-0.05, 0) is 38.2 Å². The van der Waals surface area contributed by atoms with E-state index in [-0.39, 0.29) is 0 Å². The second-order valence-electron chi connectivity index (χ2n) is 7.38. The summed E-state index contributed by atoms with van der Waals surface area (Å²) in [6.45, 7) is 2.91. The number of hydrogen-bond donors (Lipinski definition) is 1. The molecule has 2 aliphatic heterocycles. The van der Waals surface area contributed by atoms with Gasteiger partial charge in [-0.25, -0.2) is 0 Å². The van der Waals surface area contributed by atoms with Crippen LogP contribution in [-0.4, -0.2) is 32.1 Å². The van der Waals surface area contributed by atoms with E-state index in [1.54, 1.807) is 12.4 Å². The summed E-state index contributed by atoms with van der Waals surface area (Å²) in [7, 11) is 0. The Hall–Kier alpha value is -1.78. The van der Waals surface area contributed by atoms with Gasteiger partial charge < -0.3 is 5.11 Å². The van der Waals surface area contributed by atoms with Gasteiger partial charge in [-0.3, -0.25) is 14.9 Å². The minimum absolute atomic E-state index is 0.421. The van der Waals surface area contributed by atoms with Crippen molar-refractivity contribution in [3.05, 3.63) is 59.7 Å². The fourth-order valence-electron chi connectivity index (χ4n) is 4.47. The Morgan fingerprint density at radius 3 is 2.50 bits per heavy atom. The Morgan fingerprint density at radius 1 is 1.12 bits per heavy atom. The van der Waals surface area contributed by atoms with Crippen LogP contribution in [0.1, 0.15) is 49.1 Å². The van der Waals surface area contributed by atoms with Gasteiger partial charge in [-0.15, -0.1) is 0 Å². The molecule has 2 aliphatic rings. The van der Waals surface area contributed by atoms with Gasteiger partial charge in [-0.2, -0.15) is 0 Å². The van der Waals surface area contributed by atoms with Crippen LogP contribution in [0.4, 0.5) is 0 Å². The van der Waals surface area contributed by atoms with Crippen LogP contribution in [0.15, 0.2) is 42.7 Å². The van der Waals surface area contributed by atoms with E-state index in [1.165, 1.54) is 12.0 Å². The number of aliphatic hydroxyl groups is 1. The zero-order chi connectivity index (χ0) is 16.6. The maximum Gasteiger partial charge on any atom is 0.111 e. The lowest BCUT2D eigenvalue weighted by molar-refractivity contribution is -0.102. The molecule has 0 spiro atoms. The third kappa shape index (κ3) is 2.96. The molecule has 2 saturated heterocycles. The number of benzene rings is 1. The molecule has 2 fully saturated rings. The predicted molar refractivity (Wildman–Crippen MR) is 93.3 cm³/mol. The molecule has 2 bridgehead atoms. The summed E-state index contributed by atoms with van der Waals surface area (Å²) in [5.74, 6) is 0. The van der Waals surface area contributed by atoms with E-state index in [0.717, 1.165) is 43.6 Å². The molecule has 3 heterocycles. The van der Waals surface area contributed by atoms with E-state index >= 15 is 0 Å². The lowest BCUT2D eigenvalue weighted by Gasteiger charge is -2.52. The molecule has 4 nitrogen and oxygen atoms in total. The first kappa shape index (κ1) is 15.7. The standard InChI is InChI=1S/C20H25N3O/c1-15-12-21-13-19(22-15)20(24)10-17-8-5-9-18(11-20)23(17)14-16-6-3-2-4-7-16/h2-4,6-7,12-13,17-18,24H,5,8-11,14H2,1H3. The Balaban J connectivity index is 1.58. The summed E-state index contributed by atoms with van der Waals surface area (Å²) >= 11 is 0. The van der Waals surface area contributed by atoms with E-state index in [0.29, 0.717) is 12.1 Å². The van der Waals surface area contributed by atoms with Gasteiger partial charge in [0.1, 0.15) is 5.60 Å². The van der Waals surface area contributed by atoms with Crippen molar-refractivity contribution in [1.82, 2.24) is 14.9 Å². The zero-order valence-corrected chi connectivity index (χ0v) is 14.2. The number of fused-ring (bicyclic) bond motifs is 2. The van der Waals surface area contributed by atoms with Gasteiger partial charge in [0.05, 0.1) is 17.6 Å². The predicted octanol–water partition coefficient (Wildman–Crippen LogP) is 3.19. The quantitative estimate of drug-likeness (QED) is 0.942. The van der Waals surface area contributed by atoms with Gasteiger partial charge in [0.15, 0.2) is 0 Å². The Morgan fingerprint density at radius 2 is 1.83 bits per heavy atom. The van der Waals surface area contributed by atoms with Crippen molar-refractivity contribution in [1.29, 1.82) is 0 Å². The van der Waals surface area contributed by atoms with Crippen LogP contribution < -0.4 is 0 Å². The monoisotopic (exact) mass is 323 g/mol. The maximum atomic E-state index is 11.3. The molecule has 0 amide bonds. The molecule has 0 aliphatic carbocycles. The summed E-state index contributed by atoms with van der Waals surface area (Å²) in [5, 5.41) is 11.3. The third-order valence-corrected chi connectivity index (χ3v) is 5.60. The topological polar surface area (TPSA) is 49.3 Å². The van der Waals surface area contributed by atoms with Crippen LogP contribution in [0.25, 0.3) is 0 Å². The molecule has 126 valence electrons. The largest absolute Gasteiger partial charge is 0.383 e. The van der Waals surface area contributed by atoms with E-state index in [2.05, 4.69) is 45.2 Å². The third-order valence-electron chi connectivity index (χ3n) is 5.60. The highest BCUT2D eigenvalue weighted by Gasteiger charge is 2.47. The lowest BCUT2D eigenvalue weighted by atomic mass is 9.74. The number of aryl methyl sites for hydroxylation is 1. The summed E-state index contributed by atoms with van der Waals surface area (Å²) in [6.07, 6.45) is 8.59. The molecular formula is C20H25N3O. The first-order valence-corrected chi connectivity index (χ1v) is 8.95. The Bertz CT molecular complexity index is 689. The van der Waals surface area contributed by atoms with Crippen LogP contribution >= 0.6 is 0 Å². The van der Waals surface area contributed by atoms with Gasteiger partial charge >= 0.3 is 0 Å². The summed E-state index contributed by atoms with van der Waals surface area (Å²) in [4.78, 5) is 11.4. The number of nitrogens with zero attached hydrogens (tertiary/aromatic N) is 3. The van der Waals surface area contributed by atoms with Crippen molar-refractivity contribution < 1.29 is 5.11 Å². The van der Waals surface area contributed by atoms with Gasteiger partial charge in [0.2, 0.25) is 0 Å². The summed E-state index contributed by atoms with van der Waals surface area (Å²) in [6, 6.07) is 11.5. The highest BCUT2D eigenvalue weighted by Crippen LogP contribution is 2.44. The SMILES string of the molecule is Cc1cncc(C2(O)CC3CCCC(C2)N3Cc2ccccc2)n1. The van der Waals surface area contributed by atoms with Gasteiger partial charge in [0.25, 0.3) is 0 Å². The number of aromatic nitrogens is 2. The summed E-state index contributed by atoms with van der Waals surface area (Å²) < 4.78 is 0. The van der Waals surface area contributed by atoms with Crippen molar-refractivity contribution in [3.63, 3.8) is 0 Å². The Kier molecular flexibility index (Phi) is 4.10. The molecule has 24 heavy (non-hydrogen) atoms.